The van der Waals surface area contributed by atoms with E-state index in [4.69, 9.17) is 9.15 Å². The number of ether oxygens (including phenoxy) is 1. The lowest BCUT2D eigenvalue weighted by molar-refractivity contribution is 0.00167. The summed E-state index contributed by atoms with van der Waals surface area (Å²) in [5.74, 6) is 0.560. The highest BCUT2D eigenvalue weighted by Gasteiger charge is 2.38. The van der Waals surface area contributed by atoms with Gasteiger partial charge in [-0.2, -0.15) is 0 Å². The molecule has 20 heavy (non-hydrogen) atoms. The summed E-state index contributed by atoms with van der Waals surface area (Å²) in [6.45, 7) is 5.69. The summed E-state index contributed by atoms with van der Waals surface area (Å²) >= 11 is 0. The fourth-order valence-corrected chi connectivity index (χ4v) is 2.96. The van der Waals surface area contributed by atoms with Gasteiger partial charge in [0, 0.05) is 0 Å². The smallest absolute Gasteiger partial charge is 0.343 e. The van der Waals surface area contributed by atoms with E-state index < -0.39 is 5.60 Å². The molecule has 0 bridgehead atoms. The monoisotopic (exact) mass is 274 g/mol. The van der Waals surface area contributed by atoms with Crippen LogP contribution in [0.5, 0.6) is 5.75 Å². The summed E-state index contributed by atoms with van der Waals surface area (Å²) < 4.78 is 11.4. The number of fused-ring (bicyclic) bond motifs is 3. The lowest BCUT2D eigenvalue weighted by Crippen LogP contribution is -2.42. The average molecular weight is 274 g/mol. The van der Waals surface area contributed by atoms with Gasteiger partial charge < -0.3 is 14.3 Å². The van der Waals surface area contributed by atoms with Crippen LogP contribution in [0.2, 0.25) is 0 Å². The Morgan fingerprint density at radius 3 is 2.90 bits per heavy atom. The van der Waals surface area contributed by atoms with E-state index in [-0.39, 0.29) is 18.2 Å². The standard InChI is InChI=1S/C16H18O4/c1-9-4-5-11-12(6-9)19-15(18)13-10(2)7-16(3,8-17)20-14(11)13/h4-6,10,17H,7-8H2,1-3H3/t10-,16+/m1/s1. The van der Waals surface area contributed by atoms with Gasteiger partial charge in [0.15, 0.2) is 0 Å². The molecule has 0 aliphatic carbocycles. The van der Waals surface area contributed by atoms with Crippen molar-refractivity contribution in [3.05, 3.63) is 39.7 Å². The summed E-state index contributed by atoms with van der Waals surface area (Å²) in [6.07, 6.45) is 0.596. The highest BCUT2D eigenvalue weighted by atomic mass is 16.5. The van der Waals surface area contributed by atoms with E-state index >= 15 is 0 Å². The zero-order chi connectivity index (χ0) is 14.5. The minimum absolute atomic E-state index is 0.00199. The molecular weight excluding hydrogens is 256 g/mol. The Morgan fingerprint density at radius 2 is 2.20 bits per heavy atom. The van der Waals surface area contributed by atoms with Crippen molar-refractivity contribution in [1.29, 1.82) is 0 Å². The van der Waals surface area contributed by atoms with E-state index in [1.807, 2.05) is 39.0 Å². The second kappa shape index (κ2) is 4.35. The van der Waals surface area contributed by atoms with Crippen LogP contribution in [0.4, 0.5) is 0 Å². The fraction of sp³-hybridized carbons (Fsp3) is 0.438. The Labute approximate surface area is 117 Å². The van der Waals surface area contributed by atoms with Gasteiger partial charge in [-0.05, 0) is 43.9 Å². The average Bonchev–Trinajstić information content (AvgIpc) is 2.37. The number of hydrogen-bond acceptors (Lipinski definition) is 4. The summed E-state index contributed by atoms with van der Waals surface area (Å²) in [7, 11) is 0. The van der Waals surface area contributed by atoms with Crippen LogP contribution in [0.25, 0.3) is 11.0 Å². The predicted molar refractivity (Wildman–Crippen MR) is 76.4 cm³/mol. The van der Waals surface area contributed by atoms with E-state index in [9.17, 15) is 9.90 Å². The molecule has 4 heteroatoms. The quantitative estimate of drug-likeness (QED) is 0.812. The van der Waals surface area contributed by atoms with E-state index in [0.717, 1.165) is 10.9 Å². The molecule has 2 atom stereocenters. The fourth-order valence-electron chi connectivity index (χ4n) is 2.96. The normalized spacial score (nSPS) is 25.3. The number of benzene rings is 1. The number of aryl methyl sites for hydroxylation is 1. The first-order valence-corrected chi connectivity index (χ1v) is 6.81. The number of aliphatic hydroxyl groups excluding tert-OH is 1. The van der Waals surface area contributed by atoms with Crippen molar-refractivity contribution in [2.45, 2.75) is 38.7 Å². The van der Waals surface area contributed by atoms with Gasteiger partial charge in [-0.1, -0.05) is 13.0 Å². The van der Waals surface area contributed by atoms with Crippen molar-refractivity contribution in [3.8, 4) is 5.75 Å². The van der Waals surface area contributed by atoms with Crippen molar-refractivity contribution in [3.63, 3.8) is 0 Å². The zero-order valence-electron chi connectivity index (χ0n) is 11.9. The van der Waals surface area contributed by atoms with Crippen LogP contribution in [0.3, 0.4) is 0 Å². The molecule has 2 heterocycles. The Bertz CT molecular complexity index is 731. The minimum atomic E-state index is -0.655. The van der Waals surface area contributed by atoms with Crippen LogP contribution in [0.15, 0.2) is 27.4 Å². The third-order valence-corrected chi connectivity index (χ3v) is 3.96. The predicted octanol–water partition coefficient (Wildman–Crippen LogP) is 2.74. The van der Waals surface area contributed by atoms with Crippen LogP contribution in [-0.4, -0.2) is 17.3 Å². The molecule has 0 radical (unpaired) electrons. The van der Waals surface area contributed by atoms with Crippen LogP contribution >= 0.6 is 0 Å². The second-order valence-corrected chi connectivity index (χ2v) is 5.95. The first kappa shape index (κ1) is 13.2. The van der Waals surface area contributed by atoms with Gasteiger partial charge in [0.25, 0.3) is 0 Å². The minimum Gasteiger partial charge on any atom is -0.484 e. The lowest BCUT2D eigenvalue weighted by atomic mass is 9.85. The Balaban J connectivity index is 2.33. The van der Waals surface area contributed by atoms with Gasteiger partial charge in [0.2, 0.25) is 0 Å². The molecule has 1 N–H and O–H groups in total. The molecule has 4 nitrogen and oxygen atoms in total. The van der Waals surface area contributed by atoms with Gasteiger partial charge in [-0.25, -0.2) is 4.79 Å². The number of aliphatic hydroxyl groups is 1. The van der Waals surface area contributed by atoms with Gasteiger partial charge in [-0.15, -0.1) is 0 Å². The maximum absolute atomic E-state index is 12.2. The maximum Gasteiger partial charge on any atom is 0.343 e. The van der Waals surface area contributed by atoms with Gasteiger partial charge in [-0.3, -0.25) is 0 Å². The van der Waals surface area contributed by atoms with Crippen molar-refractivity contribution in [2.24, 2.45) is 0 Å². The maximum atomic E-state index is 12.2. The largest absolute Gasteiger partial charge is 0.484 e. The molecule has 0 unspecified atom stereocenters. The van der Waals surface area contributed by atoms with E-state index in [0.29, 0.717) is 23.3 Å². The van der Waals surface area contributed by atoms with Crippen LogP contribution in [0.1, 0.15) is 37.3 Å². The molecule has 1 aliphatic rings. The molecule has 1 aliphatic heterocycles. The van der Waals surface area contributed by atoms with E-state index in [2.05, 4.69) is 0 Å². The highest BCUT2D eigenvalue weighted by Crippen LogP contribution is 2.42. The first-order chi connectivity index (χ1) is 9.43. The number of hydrogen-bond donors (Lipinski definition) is 1. The third kappa shape index (κ3) is 1.91. The molecule has 0 amide bonds. The van der Waals surface area contributed by atoms with Crippen molar-refractivity contribution < 1.29 is 14.3 Å². The van der Waals surface area contributed by atoms with Crippen molar-refractivity contribution >= 4 is 11.0 Å². The van der Waals surface area contributed by atoms with Gasteiger partial charge in [0.05, 0.1) is 17.6 Å². The molecule has 2 aromatic rings. The Morgan fingerprint density at radius 1 is 1.45 bits per heavy atom. The third-order valence-electron chi connectivity index (χ3n) is 3.96. The van der Waals surface area contributed by atoms with Gasteiger partial charge >= 0.3 is 5.63 Å². The summed E-state index contributed by atoms with van der Waals surface area (Å²) in [5.41, 5.74) is 1.13. The molecule has 1 aromatic carbocycles. The lowest BCUT2D eigenvalue weighted by Gasteiger charge is -2.37. The topological polar surface area (TPSA) is 59.7 Å². The Hall–Kier alpha value is -1.81. The highest BCUT2D eigenvalue weighted by molar-refractivity contribution is 5.85. The van der Waals surface area contributed by atoms with Crippen molar-refractivity contribution in [1.82, 2.24) is 0 Å². The first-order valence-electron chi connectivity index (χ1n) is 6.81. The molecule has 0 fully saturated rings. The van der Waals surface area contributed by atoms with E-state index in [1.165, 1.54) is 0 Å². The van der Waals surface area contributed by atoms with E-state index in [1.54, 1.807) is 0 Å². The molecule has 3 rings (SSSR count). The number of rotatable bonds is 1. The second-order valence-electron chi connectivity index (χ2n) is 5.95. The van der Waals surface area contributed by atoms with Crippen LogP contribution < -0.4 is 10.4 Å². The van der Waals surface area contributed by atoms with Crippen LogP contribution in [-0.2, 0) is 0 Å². The Kier molecular flexibility index (Phi) is 2.87. The van der Waals surface area contributed by atoms with Crippen LogP contribution in [0, 0.1) is 6.92 Å². The molecule has 0 saturated carbocycles. The molecule has 106 valence electrons. The SMILES string of the molecule is Cc1ccc2c3c(c(=O)oc2c1)[C@H](C)C[C@@](C)(CO)O3. The molecular formula is C16H18O4. The summed E-state index contributed by atoms with van der Waals surface area (Å²) in [4.78, 5) is 12.2. The van der Waals surface area contributed by atoms with Gasteiger partial charge in [0.1, 0.15) is 16.9 Å². The molecule has 1 aromatic heterocycles. The molecule has 0 spiro atoms. The zero-order valence-corrected chi connectivity index (χ0v) is 11.9. The summed E-state index contributed by atoms with van der Waals surface area (Å²) in [5, 5.41) is 10.3. The summed E-state index contributed by atoms with van der Waals surface area (Å²) in [6, 6.07) is 5.69. The molecule has 0 saturated heterocycles. The van der Waals surface area contributed by atoms with Crippen molar-refractivity contribution in [2.75, 3.05) is 6.61 Å².